The fourth-order valence-electron chi connectivity index (χ4n) is 3.11. The Labute approximate surface area is 175 Å². The molecule has 1 saturated heterocycles. The van der Waals surface area contributed by atoms with Crippen molar-refractivity contribution >= 4 is 35.9 Å². The number of hydroxylamine groups is 1. The summed E-state index contributed by atoms with van der Waals surface area (Å²) in [5.41, 5.74) is 5.26. The molecule has 1 aliphatic heterocycles. The lowest BCUT2D eigenvalue weighted by Gasteiger charge is -2.30. The predicted octanol–water partition coefficient (Wildman–Crippen LogP) is 2.58. The SMILES string of the molecule is CC(C)C[C@@H](C(=O)NN1SCCNC1=O)C(C/C=C/c1ccccc1)C(=O)NO. The number of hydrogen-bond donors (Lipinski definition) is 4. The minimum Gasteiger partial charge on any atom is -0.335 e. The van der Waals surface area contributed by atoms with E-state index in [4.69, 9.17) is 0 Å². The summed E-state index contributed by atoms with van der Waals surface area (Å²) in [5.74, 6) is -1.76. The first-order valence-corrected chi connectivity index (χ1v) is 10.5. The van der Waals surface area contributed by atoms with Crippen LogP contribution in [0.25, 0.3) is 6.08 Å². The molecule has 0 aromatic heterocycles. The maximum atomic E-state index is 13.0. The molecule has 9 heteroatoms. The topological polar surface area (TPSA) is 111 Å². The van der Waals surface area contributed by atoms with Gasteiger partial charge < -0.3 is 5.32 Å². The summed E-state index contributed by atoms with van der Waals surface area (Å²) in [4.78, 5) is 37.2. The van der Waals surface area contributed by atoms with Crippen molar-refractivity contribution < 1.29 is 19.6 Å². The summed E-state index contributed by atoms with van der Waals surface area (Å²) in [6.07, 6.45) is 4.39. The van der Waals surface area contributed by atoms with E-state index >= 15 is 0 Å². The van der Waals surface area contributed by atoms with Crippen molar-refractivity contribution in [1.29, 1.82) is 0 Å². The number of carbonyl (C=O) groups excluding carboxylic acids is 3. The highest BCUT2D eigenvalue weighted by molar-refractivity contribution is 7.97. The third-order valence-electron chi connectivity index (χ3n) is 4.49. The molecule has 0 radical (unpaired) electrons. The van der Waals surface area contributed by atoms with E-state index in [2.05, 4.69) is 10.7 Å². The third-order valence-corrected chi connectivity index (χ3v) is 5.39. The summed E-state index contributed by atoms with van der Waals surface area (Å²) < 4.78 is 1.16. The molecule has 1 aromatic carbocycles. The average Bonchev–Trinajstić information content (AvgIpc) is 2.71. The molecule has 29 heavy (non-hydrogen) atoms. The molecule has 2 rings (SSSR count). The van der Waals surface area contributed by atoms with Gasteiger partial charge in [0.1, 0.15) is 0 Å². The van der Waals surface area contributed by atoms with Gasteiger partial charge in [0, 0.05) is 12.3 Å². The second kappa shape index (κ2) is 11.5. The fraction of sp³-hybridized carbons (Fsp3) is 0.450. The molecule has 1 unspecified atom stereocenters. The van der Waals surface area contributed by atoms with E-state index in [0.29, 0.717) is 18.7 Å². The Hall–Kier alpha value is -2.52. The van der Waals surface area contributed by atoms with Crippen LogP contribution in [0.5, 0.6) is 0 Å². The number of hydrogen-bond acceptors (Lipinski definition) is 5. The van der Waals surface area contributed by atoms with E-state index < -0.39 is 29.7 Å². The van der Waals surface area contributed by atoms with Gasteiger partial charge in [0.2, 0.25) is 11.8 Å². The van der Waals surface area contributed by atoms with Crippen LogP contribution in [0, 0.1) is 17.8 Å². The average molecular weight is 421 g/mol. The number of benzene rings is 1. The van der Waals surface area contributed by atoms with Gasteiger partial charge in [0.25, 0.3) is 0 Å². The first kappa shape index (κ1) is 22.8. The lowest BCUT2D eigenvalue weighted by Crippen LogP contribution is -2.53. The Bertz CT molecular complexity index is 726. The van der Waals surface area contributed by atoms with Gasteiger partial charge in [-0.2, -0.15) is 4.41 Å². The molecule has 1 heterocycles. The Balaban J connectivity index is 2.16. The van der Waals surface area contributed by atoms with Crippen LogP contribution in [0.2, 0.25) is 0 Å². The van der Waals surface area contributed by atoms with Crippen LogP contribution in [0.15, 0.2) is 36.4 Å². The summed E-state index contributed by atoms with van der Waals surface area (Å²) in [6.45, 7) is 4.44. The van der Waals surface area contributed by atoms with Crippen LogP contribution in [-0.2, 0) is 9.59 Å². The Kier molecular flexibility index (Phi) is 9.01. The van der Waals surface area contributed by atoms with E-state index in [-0.39, 0.29) is 12.3 Å². The highest BCUT2D eigenvalue weighted by atomic mass is 32.2. The van der Waals surface area contributed by atoms with Gasteiger partial charge in [-0.15, -0.1) is 0 Å². The number of carbonyl (C=O) groups is 3. The molecule has 4 N–H and O–H groups in total. The van der Waals surface area contributed by atoms with Crippen LogP contribution in [-0.4, -0.2) is 39.8 Å². The molecule has 158 valence electrons. The number of urea groups is 1. The van der Waals surface area contributed by atoms with Crippen molar-refractivity contribution in [2.45, 2.75) is 26.7 Å². The smallest absolute Gasteiger partial charge is 0.335 e. The van der Waals surface area contributed by atoms with Gasteiger partial charge in [-0.25, -0.2) is 10.3 Å². The summed E-state index contributed by atoms with van der Waals surface area (Å²) >= 11 is 1.20. The van der Waals surface area contributed by atoms with E-state index in [1.807, 2.05) is 56.3 Å². The Morgan fingerprint density at radius 3 is 2.59 bits per heavy atom. The minimum atomic E-state index is -0.778. The maximum absolute atomic E-state index is 13.0. The number of nitrogens with one attached hydrogen (secondary N) is 3. The highest BCUT2D eigenvalue weighted by Gasteiger charge is 2.35. The van der Waals surface area contributed by atoms with Crippen LogP contribution in [0.4, 0.5) is 4.79 Å². The zero-order valence-corrected chi connectivity index (χ0v) is 17.4. The molecular formula is C20H28N4O4S. The molecule has 1 aliphatic rings. The molecular weight excluding hydrogens is 392 g/mol. The normalized spacial score (nSPS) is 16.4. The second-order valence-corrected chi connectivity index (χ2v) is 8.23. The predicted molar refractivity (Wildman–Crippen MR) is 112 cm³/mol. The molecule has 2 atom stereocenters. The van der Waals surface area contributed by atoms with Crippen molar-refractivity contribution in [2.75, 3.05) is 12.3 Å². The number of amides is 4. The van der Waals surface area contributed by atoms with Crippen molar-refractivity contribution in [3.05, 3.63) is 42.0 Å². The molecule has 0 saturated carbocycles. The molecule has 1 fully saturated rings. The zero-order valence-electron chi connectivity index (χ0n) is 16.6. The number of allylic oxidation sites excluding steroid dienone is 1. The van der Waals surface area contributed by atoms with E-state index in [1.54, 1.807) is 5.48 Å². The first-order chi connectivity index (χ1) is 13.9. The van der Waals surface area contributed by atoms with E-state index in [9.17, 15) is 19.6 Å². The molecule has 8 nitrogen and oxygen atoms in total. The van der Waals surface area contributed by atoms with Gasteiger partial charge in [0.05, 0.1) is 11.8 Å². The van der Waals surface area contributed by atoms with Gasteiger partial charge in [-0.1, -0.05) is 56.3 Å². The standard InChI is InChI=1S/C20H28N4O4S/c1-14(2)13-17(18(25)22-24-20(27)21-11-12-29-24)16(19(26)23-28)10-6-9-15-7-4-3-5-8-15/h3-9,14,16-17,28H,10-13H2,1-2H3,(H,21,27)(H,22,25)(H,23,26)/b9-6+/t16?,17-/m1/s1. The Morgan fingerprint density at radius 1 is 1.24 bits per heavy atom. The largest absolute Gasteiger partial charge is 0.346 e. The van der Waals surface area contributed by atoms with Gasteiger partial charge in [-0.05, 0) is 36.3 Å². The molecule has 0 aliphatic carbocycles. The molecule has 1 aromatic rings. The van der Waals surface area contributed by atoms with Crippen molar-refractivity contribution in [3.8, 4) is 0 Å². The van der Waals surface area contributed by atoms with E-state index in [1.165, 1.54) is 11.9 Å². The summed E-state index contributed by atoms with van der Waals surface area (Å²) in [6, 6.07) is 9.20. The minimum absolute atomic E-state index is 0.140. The fourth-order valence-corrected chi connectivity index (χ4v) is 3.82. The van der Waals surface area contributed by atoms with Gasteiger partial charge >= 0.3 is 6.03 Å². The quantitative estimate of drug-likeness (QED) is 0.279. The lowest BCUT2D eigenvalue weighted by molar-refractivity contribution is -0.141. The highest BCUT2D eigenvalue weighted by Crippen LogP contribution is 2.26. The van der Waals surface area contributed by atoms with Gasteiger partial charge in [-0.3, -0.25) is 20.2 Å². The van der Waals surface area contributed by atoms with Gasteiger partial charge in [0.15, 0.2) is 0 Å². The number of rotatable bonds is 9. The van der Waals surface area contributed by atoms with Crippen LogP contribution >= 0.6 is 11.9 Å². The van der Waals surface area contributed by atoms with Crippen molar-refractivity contribution in [3.63, 3.8) is 0 Å². The Morgan fingerprint density at radius 2 is 1.97 bits per heavy atom. The van der Waals surface area contributed by atoms with Crippen molar-refractivity contribution in [2.24, 2.45) is 17.8 Å². The van der Waals surface area contributed by atoms with Crippen molar-refractivity contribution in [1.82, 2.24) is 20.6 Å². The summed E-state index contributed by atoms with van der Waals surface area (Å²) in [7, 11) is 0. The molecule has 0 spiro atoms. The van der Waals surface area contributed by atoms with E-state index in [0.717, 1.165) is 9.98 Å². The zero-order chi connectivity index (χ0) is 21.2. The number of nitrogens with zero attached hydrogens (tertiary/aromatic N) is 1. The molecule has 4 amide bonds. The maximum Gasteiger partial charge on any atom is 0.346 e. The van der Waals surface area contributed by atoms with Crippen LogP contribution in [0.3, 0.4) is 0 Å². The molecule has 0 bridgehead atoms. The summed E-state index contributed by atoms with van der Waals surface area (Å²) in [5, 5.41) is 11.9. The lowest BCUT2D eigenvalue weighted by atomic mass is 9.82. The van der Waals surface area contributed by atoms with Crippen LogP contribution < -0.4 is 16.2 Å². The number of hydrazine groups is 1. The monoisotopic (exact) mass is 420 g/mol. The van der Waals surface area contributed by atoms with Crippen LogP contribution in [0.1, 0.15) is 32.3 Å². The second-order valence-electron chi connectivity index (χ2n) is 7.20. The first-order valence-electron chi connectivity index (χ1n) is 9.59. The third kappa shape index (κ3) is 7.10.